The highest BCUT2D eigenvalue weighted by atomic mass is 16.6. The fourth-order valence-corrected chi connectivity index (χ4v) is 3.31. The zero-order valence-electron chi connectivity index (χ0n) is 21.3. The minimum Gasteiger partial charge on any atom is -0.452 e. The van der Waals surface area contributed by atoms with E-state index in [4.69, 9.17) is 4.74 Å². The van der Waals surface area contributed by atoms with E-state index in [2.05, 4.69) is 6.08 Å². The van der Waals surface area contributed by atoms with Gasteiger partial charge in [-0.2, -0.15) is 0 Å². The molecule has 0 bridgehead atoms. The quantitative estimate of drug-likeness (QED) is 0.275. The van der Waals surface area contributed by atoms with Gasteiger partial charge in [0.05, 0.1) is 5.57 Å². The zero-order chi connectivity index (χ0) is 25.4. The molecular formula is C27H39NO5. The Morgan fingerprint density at radius 1 is 1.15 bits per heavy atom. The van der Waals surface area contributed by atoms with Crippen LogP contribution in [0.25, 0.3) is 0 Å². The van der Waals surface area contributed by atoms with E-state index in [9.17, 15) is 19.5 Å². The second kappa shape index (κ2) is 11.9. The predicted molar refractivity (Wildman–Crippen MR) is 131 cm³/mol. The van der Waals surface area contributed by atoms with Gasteiger partial charge in [-0.1, -0.05) is 36.3 Å². The molecule has 182 valence electrons. The fourth-order valence-electron chi connectivity index (χ4n) is 3.31. The predicted octanol–water partition coefficient (Wildman–Crippen LogP) is 4.47. The number of likely N-dealkylation sites (N-methyl/N-ethyl adjacent to an activating group) is 1. The monoisotopic (exact) mass is 457 g/mol. The second-order valence-corrected chi connectivity index (χ2v) is 9.86. The molecule has 0 saturated carbocycles. The molecule has 0 fully saturated rings. The number of rotatable bonds is 6. The molecule has 6 heteroatoms. The van der Waals surface area contributed by atoms with Crippen LogP contribution in [0.5, 0.6) is 0 Å². The van der Waals surface area contributed by atoms with Crippen molar-refractivity contribution in [3.05, 3.63) is 59.3 Å². The average Bonchev–Trinajstić information content (AvgIpc) is 2.69. The first-order valence-electron chi connectivity index (χ1n) is 11.2. The number of ether oxygens (including phenoxy) is 1. The van der Waals surface area contributed by atoms with Gasteiger partial charge in [-0.25, -0.2) is 4.79 Å². The molecule has 0 unspecified atom stereocenters. The SMILES string of the molecule is CC(C)=CCC[C@]1(C)/C=C/[C@@H](OC(=O)C=C(C)C)[C@](C)(O)/C=C/C(=O)/C(C(=O)N(C)C)=C\C1. The van der Waals surface area contributed by atoms with Crippen LogP contribution in [-0.2, 0) is 19.1 Å². The Balaban J connectivity index is 3.53. The summed E-state index contributed by atoms with van der Waals surface area (Å²) in [5.74, 6) is -1.48. The van der Waals surface area contributed by atoms with Crippen LogP contribution in [0.15, 0.2) is 59.3 Å². The number of esters is 1. The Labute approximate surface area is 198 Å². The van der Waals surface area contributed by atoms with Crippen LogP contribution in [-0.4, -0.2) is 53.5 Å². The van der Waals surface area contributed by atoms with E-state index < -0.39 is 34.8 Å². The summed E-state index contributed by atoms with van der Waals surface area (Å²) in [5, 5.41) is 11.1. The molecule has 0 saturated heterocycles. The summed E-state index contributed by atoms with van der Waals surface area (Å²) >= 11 is 0. The van der Waals surface area contributed by atoms with Gasteiger partial charge in [-0.05, 0) is 77.5 Å². The summed E-state index contributed by atoms with van der Waals surface area (Å²) < 4.78 is 5.56. The second-order valence-electron chi connectivity index (χ2n) is 9.86. The molecule has 0 heterocycles. The molecule has 3 atom stereocenters. The first-order chi connectivity index (χ1) is 15.2. The number of aliphatic hydroxyl groups is 1. The highest BCUT2D eigenvalue weighted by Gasteiger charge is 2.33. The maximum Gasteiger partial charge on any atom is 0.331 e. The van der Waals surface area contributed by atoms with Crippen molar-refractivity contribution in [2.24, 2.45) is 5.41 Å². The van der Waals surface area contributed by atoms with E-state index in [0.717, 1.165) is 18.4 Å². The molecule has 1 aliphatic carbocycles. The van der Waals surface area contributed by atoms with Crippen molar-refractivity contribution in [1.82, 2.24) is 4.90 Å². The van der Waals surface area contributed by atoms with Crippen LogP contribution in [0.4, 0.5) is 0 Å². The molecule has 0 spiro atoms. The third-order valence-electron chi connectivity index (χ3n) is 5.41. The largest absolute Gasteiger partial charge is 0.452 e. The van der Waals surface area contributed by atoms with E-state index in [-0.39, 0.29) is 5.57 Å². The number of hydrogen-bond acceptors (Lipinski definition) is 5. The summed E-state index contributed by atoms with van der Waals surface area (Å²) in [4.78, 5) is 39.3. The molecule has 1 amide bonds. The van der Waals surface area contributed by atoms with Crippen molar-refractivity contribution in [2.45, 2.75) is 72.5 Å². The number of ketones is 1. The zero-order valence-corrected chi connectivity index (χ0v) is 21.3. The summed E-state index contributed by atoms with van der Waals surface area (Å²) in [6.07, 6.45) is 12.2. The van der Waals surface area contributed by atoms with Crippen LogP contribution in [0.2, 0.25) is 0 Å². The highest BCUT2D eigenvalue weighted by Crippen LogP contribution is 2.33. The lowest BCUT2D eigenvalue weighted by molar-refractivity contribution is -0.148. The molecule has 0 radical (unpaired) electrons. The van der Waals surface area contributed by atoms with Crippen molar-refractivity contribution < 1.29 is 24.2 Å². The Morgan fingerprint density at radius 2 is 1.79 bits per heavy atom. The van der Waals surface area contributed by atoms with Gasteiger partial charge < -0.3 is 14.7 Å². The van der Waals surface area contributed by atoms with Crippen LogP contribution >= 0.6 is 0 Å². The van der Waals surface area contributed by atoms with Gasteiger partial charge in [0, 0.05) is 20.2 Å². The van der Waals surface area contributed by atoms with Gasteiger partial charge in [-0.3, -0.25) is 9.59 Å². The van der Waals surface area contributed by atoms with E-state index in [1.165, 1.54) is 35.6 Å². The Bertz CT molecular complexity index is 893. The maximum absolute atomic E-state index is 12.9. The van der Waals surface area contributed by atoms with Gasteiger partial charge in [0.2, 0.25) is 0 Å². The molecule has 0 aliphatic heterocycles. The summed E-state index contributed by atoms with van der Waals surface area (Å²) in [5.41, 5.74) is -0.0722. The lowest BCUT2D eigenvalue weighted by atomic mass is 9.80. The van der Waals surface area contributed by atoms with Gasteiger partial charge in [0.1, 0.15) is 5.60 Å². The van der Waals surface area contributed by atoms with Gasteiger partial charge >= 0.3 is 5.97 Å². The third kappa shape index (κ3) is 9.34. The minimum absolute atomic E-state index is 0.0499. The summed E-state index contributed by atoms with van der Waals surface area (Å²) in [6.45, 7) is 11.1. The summed E-state index contributed by atoms with van der Waals surface area (Å²) in [7, 11) is 3.18. The number of carbonyl (C=O) groups is 3. The number of carbonyl (C=O) groups excluding carboxylic acids is 3. The van der Waals surface area contributed by atoms with Crippen molar-refractivity contribution in [1.29, 1.82) is 0 Å². The first-order valence-corrected chi connectivity index (χ1v) is 11.2. The molecule has 1 aliphatic rings. The van der Waals surface area contributed by atoms with Crippen molar-refractivity contribution in [2.75, 3.05) is 14.1 Å². The van der Waals surface area contributed by atoms with Gasteiger partial charge in [0.25, 0.3) is 5.91 Å². The highest BCUT2D eigenvalue weighted by molar-refractivity contribution is 6.23. The lowest BCUT2D eigenvalue weighted by Crippen LogP contribution is -2.39. The Kier molecular flexibility index (Phi) is 10.2. The van der Waals surface area contributed by atoms with Gasteiger partial charge in [0.15, 0.2) is 11.9 Å². The van der Waals surface area contributed by atoms with Crippen LogP contribution in [0.3, 0.4) is 0 Å². The van der Waals surface area contributed by atoms with Crippen LogP contribution in [0, 0.1) is 5.41 Å². The number of amides is 1. The average molecular weight is 458 g/mol. The molecular weight excluding hydrogens is 418 g/mol. The molecule has 0 aromatic rings. The molecule has 6 nitrogen and oxygen atoms in total. The maximum atomic E-state index is 12.9. The van der Waals surface area contributed by atoms with Crippen molar-refractivity contribution in [3.8, 4) is 0 Å². The van der Waals surface area contributed by atoms with E-state index in [1.54, 1.807) is 40.1 Å². The lowest BCUT2D eigenvalue weighted by Gasteiger charge is -2.29. The Hall–Kier alpha value is -2.73. The van der Waals surface area contributed by atoms with Crippen LogP contribution in [0.1, 0.15) is 60.8 Å². The van der Waals surface area contributed by atoms with E-state index in [1.807, 2.05) is 26.8 Å². The molecule has 0 aromatic heterocycles. The normalized spacial score (nSPS) is 28.9. The number of hydrogen-bond donors (Lipinski definition) is 1. The first kappa shape index (κ1) is 28.3. The third-order valence-corrected chi connectivity index (χ3v) is 5.41. The summed E-state index contributed by atoms with van der Waals surface area (Å²) in [6, 6.07) is 0. The molecule has 1 N–H and O–H groups in total. The van der Waals surface area contributed by atoms with Crippen molar-refractivity contribution in [3.63, 3.8) is 0 Å². The standard InChI is InChI=1S/C27H39NO5/c1-19(2)10-9-14-26(5)15-11-21(25(31)28(7)8)22(29)12-17-27(6,32)23(13-16-26)33-24(30)18-20(3)4/h10-13,16-18,23,32H,9,14-15H2,1-8H3/b16-13+,17-12+,21-11+/t23-,26+,27-/m1/s1. The Morgan fingerprint density at radius 3 is 2.33 bits per heavy atom. The van der Waals surface area contributed by atoms with Crippen molar-refractivity contribution >= 4 is 17.7 Å². The number of allylic oxidation sites excluding steroid dienone is 6. The van der Waals surface area contributed by atoms with E-state index in [0.29, 0.717) is 6.42 Å². The van der Waals surface area contributed by atoms with Gasteiger partial charge in [-0.15, -0.1) is 0 Å². The fraction of sp³-hybridized carbons (Fsp3) is 0.519. The van der Waals surface area contributed by atoms with Crippen LogP contribution < -0.4 is 0 Å². The molecule has 1 rings (SSSR count). The van der Waals surface area contributed by atoms with E-state index >= 15 is 0 Å². The number of nitrogens with zero attached hydrogens (tertiary/aromatic N) is 1. The topological polar surface area (TPSA) is 83.9 Å². The molecule has 33 heavy (non-hydrogen) atoms. The smallest absolute Gasteiger partial charge is 0.331 e. The molecule has 0 aromatic carbocycles. The minimum atomic E-state index is -1.66.